The molecular formula is C49H34N4OSSi. The first-order chi connectivity index (χ1) is 27.7. The van der Waals surface area contributed by atoms with Gasteiger partial charge in [-0.3, -0.25) is 4.57 Å². The van der Waals surface area contributed by atoms with Gasteiger partial charge in [0.25, 0.3) is 0 Å². The number of para-hydroxylation sites is 2. The fourth-order valence-corrected chi connectivity index (χ4v) is 16.0. The molecule has 0 fully saturated rings. The van der Waals surface area contributed by atoms with Gasteiger partial charge in [0.05, 0.1) is 22.1 Å². The Labute approximate surface area is 329 Å². The minimum Gasteiger partial charge on any atom is -0.457 e. The zero-order valence-corrected chi connectivity index (χ0v) is 32.3. The van der Waals surface area contributed by atoms with Gasteiger partial charge in [0.15, 0.2) is 8.07 Å². The fourth-order valence-electron chi connectivity index (χ4n) is 8.82. The Morgan fingerprint density at radius 3 is 2.09 bits per heavy atom. The van der Waals surface area contributed by atoms with Crippen molar-refractivity contribution in [1.82, 2.24) is 19.1 Å². The molecule has 5 nitrogen and oxygen atoms in total. The minimum atomic E-state index is -2.87. The molecule has 4 heterocycles. The van der Waals surface area contributed by atoms with Crippen molar-refractivity contribution in [3.63, 3.8) is 0 Å². The molecule has 0 radical (unpaired) electrons. The highest BCUT2D eigenvalue weighted by atomic mass is 32.2. The van der Waals surface area contributed by atoms with Gasteiger partial charge in [-0.15, -0.1) is 0 Å². The van der Waals surface area contributed by atoms with Gasteiger partial charge in [0, 0.05) is 45.4 Å². The van der Waals surface area contributed by atoms with Gasteiger partial charge >= 0.3 is 0 Å². The molecule has 0 atom stereocenters. The summed E-state index contributed by atoms with van der Waals surface area (Å²) in [5.74, 6) is 3.27. The summed E-state index contributed by atoms with van der Waals surface area (Å²) in [5.41, 5.74) is 5.24. The summed E-state index contributed by atoms with van der Waals surface area (Å²) < 4.78 is 11.2. The third-order valence-electron chi connectivity index (χ3n) is 11.2. The topological polar surface area (TPSA) is 44.9 Å². The summed E-state index contributed by atoms with van der Waals surface area (Å²) >= 11 is 1.89. The van der Waals surface area contributed by atoms with Crippen molar-refractivity contribution >= 4 is 73.4 Å². The normalized spacial score (nSPS) is 13.2. The highest BCUT2D eigenvalue weighted by Gasteiger charge is 2.48. The van der Waals surface area contributed by atoms with Crippen molar-refractivity contribution in [2.24, 2.45) is 7.05 Å². The van der Waals surface area contributed by atoms with Crippen molar-refractivity contribution in [3.05, 3.63) is 188 Å². The van der Waals surface area contributed by atoms with Crippen molar-refractivity contribution in [1.29, 1.82) is 0 Å². The molecule has 0 aliphatic carbocycles. The van der Waals surface area contributed by atoms with Crippen molar-refractivity contribution in [2.75, 3.05) is 0 Å². The Morgan fingerprint density at radius 1 is 0.571 bits per heavy atom. The minimum absolute atomic E-state index is 0.749. The van der Waals surface area contributed by atoms with Gasteiger partial charge in [0.2, 0.25) is 0 Å². The Kier molecular flexibility index (Phi) is 7.59. The number of rotatable bonds is 6. The molecule has 10 aromatic rings. The zero-order chi connectivity index (χ0) is 37.2. The summed E-state index contributed by atoms with van der Waals surface area (Å²) in [6.45, 7) is 0. The van der Waals surface area contributed by atoms with Gasteiger partial charge < -0.3 is 9.30 Å². The quantitative estimate of drug-likeness (QED) is 0.159. The summed E-state index contributed by atoms with van der Waals surface area (Å²) in [6, 6.07) is 65.2. The van der Waals surface area contributed by atoms with Gasteiger partial charge in [-0.1, -0.05) is 121 Å². The van der Waals surface area contributed by atoms with E-state index in [2.05, 4.69) is 168 Å². The van der Waals surface area contributed by atoms with Gasteiger partial charge in [-0.25, -0.2) is 9.97 Å². The number of fused-ring (bicyclic) bond motifs is 7. The lowest BCUT2D eigenvalue weighted by Crippen LogP contribution is -2.76. The molecule has 0 bridgehead atoms. The van der Waals surface area contributed by atoms with Crippen LogP contribution in [0.2, 0.25) is 0 Å². The molecule has 0 amide bonds. The predicted octanol–water partition coefficient (Wildman–Crippen LogP) is 9.37. The van der Waals surface area contributed by atoms with Crippen molar-refractivity contribution in [2.45, 2.75) is 9.79 Å². The summed E-state index contributed by atoms with van der Waals surface area (Å²) in [5, 5.41) is 8.01. The van der Waals surface area contributed by atoms with Crippen LogP contribution in [0.25, 0.3) is 50.0 Å². The van der Waals surface area contributed by atoms with E-state index in [1.54, 1.807) is 0 Å². The molecule has 0 unspecified atom stereocenters. The summed E-state index contributed by atoms with van der Waals surface area (Å²) in [6.07, 6.45) is 1.87. The number of imidazole rings is 1. The van der Waals surface area contributed by atoms with Crippen LogP contribution in [-0.2, 0) is 7.05 Å². The molecule has 1 aliphatic rings. The highest BCUT2D eigenvalue weighted by molar-refractivity contribution is 8.00. The number of aromatic nitrogens is 4. The Morgan fingerprint density at radius 2 is 1.30 bits per heavy atom. The number of hydrogen-bond donors (Lipinski definition) is 0. The van der Waals surface area contributed by atoms with E-state index in [0.717, 1.165) is 50.8 Å². The van der Waals surface area contributed by atoms with E-state index in [-0.39, 0.29) is 0 Å². The van der Waals surface area contributed by atoms with Crippen molar-refractivity contribution in [3.8, 4) is 28.7 Å². The molecule has 11 rings (SSSR count). The first-order valence-corrected chi connectivity index (χ1v) is 21.6. The molecule has 0 spiro atoms. The molecule has 7 heteroatoms. The van der Waals surface area contributed by atoms with Crippen LogP contribution in [0.5, 0.6) is 11.5 Å². The van der Waals surface area contributed by atoms with E-state index >= 15 is 0 Å². The SMILES string of the molecule is Cn1c(-c2cccc(Oc3ccc4c5c6c(ccc5n(-c5ccccn5)c4c3)Sc3ccccc3[Si]6(c3ccccc3)c3ccccc3)c2)nc2ccccc21. The van der Waals surface area contributed by atoms with Crippen LogP contribution in [0.4, 0.5) is 0 Å². The van der Waals surface area contributed by atoms with Crippen molar-refractivity contribution < 1.29 is 4.74 Å². The van der Waals surface area contributed by atoms with E-state index in [1.165, 1.54) is 41.3 Å². The maximum absolute atomic E-state index is 6.72. The molecule has 3 aromatic heterocycles. The molecule has 0 saturated heterocycles. The molecule has 1 aliphatic heterocycles. The number of aryl methyl sites for hydroxylation is 1. The molecule has 0 saturated carbocycles. The third-order valence-corrected chi connectivity index (χ3v) is 17.6. The summed E-state index contributed by atoms with van der Waals surface area (Å²) in [4.78, 5) is 12.5. The van der Waals surface area contributed by atoms with Crippen LogP contribution >= 0.6 is 11.8 Å². The Balaban J connectivity index is 1.16. The van der Waals surface area contributed by atoms with Crippen LogP contribution in [0.1, 0.15) is 0 Å². The molecular weight excluding hydrogens is 721 g/mol. The number of pyridine rings is 1. The first-order valence-electron chi connectivity index (χ1n) is 18.8. The number of ether oxygens (including phenoxy) is 1. The predicted molar refractivity (Wildman–Crippen MR) is 233 cm³/mol. The monoisotopic (exact) mass is 754 g/mol. The largest absolute Gasteiger partial charge is 0.457 e. The smallest absolute Gasteiger partial charge is 0.182 e. The van der Waals surface area contributed by atoms with Crippen LogP contribution in [0.15, 0.2) is 198 Å². The van der Waals surface area contributed by atoms with Crippen LogP contribution in [0.3, 0.4) is 0 Å². The van der Waals surface area contributed by atoms with Crippen LogP contribution in [0, 0.1) is 0 Å². The molecule has 7 aromatic carbocycles. The number of hydrogen-bond acceptors (Lipinski definition) is 4. The second-order valence-corrected chi connectivity index (χ2v) is 19.0. The standard InChI is InChI=1S/C49H34N4OSSi/c1-52-40-22-9-8-21-39(40)51-49(52)33-15-14-16-34(31-33)54-35-26-27-38-42(32-35)53(46-25-12-13-30-50-46)41-28-29-44-48(47(38)41)56(36-17-4-2-5-18-36,37-19-6-3-7-20-37)45-24-11-10-23-43(45)55-44/h2-32H,1H3. The Bertz CT molecular complexity index is 3070. The first kappa shape index (κ1) is 32.7. The van der Waals surface area contributed by atoms with Crippen LogP contribution in [-0.4, -0.2) is 27.2 Å². The lowest BCUT2D eigenvalue weighted by atomic mass is 10.1. The van der Waals surface area contributed by atoms with Gasteiger partial charge in [-0.2, -0.15) is 0 Å². The highest BCUT2D eigenvalue weighted by Crippen LogP contribution is 2.41. The average molecular weight is 755 g/mol. The van der Waals surface area contributed by atoms with Gasteiger partial charge in [0.1, 0.15) is 23.1 Å². The van der Waals surface area contributed by atoms with E-state index in [4.69, 9.17) is 14.7 Å². The maximum atomic E-state index is 6.72. The molecule has 56 heavy (non-hydrogen) atoms. The summed E-state index contributed by atoms with van der Waals surface area (Å²) in [7, 11) is -0.809. The zero-order valence-electron chi connectivity index (χ0n) is 30.5. The van der Waals surface area contributed by atoms with E-state index < -0.39 is 8.07 Å². The fraction of sp³-hybridized carbons (Fsp3) is 0.0204. The lowest BCUT2D eigenvalue weighted by Gasteiger charge is -2.40. The van der Waals surface area contributed by atoms with Crippen LogP contribution < -0.4 is 25.5 Å². The second kappa shape index (κ2) is 13.0. The lowest BCUT2D eigenvalue weighted by molar-refractivity contribution is 0.483. The molecule has 0 N–H and O–H groups in total. The number of nitrogens with zero attached hydrogens (tertiary/aromatic N) is 4. The molecule has 266 valence electrons. The second-order valence-electron chi connectivity index (χ2n) is 14.2. The van der Waals surface area contributed by atoms with E-state index in [1.807, 2.05) is 48.3 Å². The Hall–Kier alpha value is -6.67. The third kappa shape index (κ3) is 4.94. The van der Waals surface area contributed by atoms with E-state index in [9.17, 15) is 0 Å². The number of benzene rings is 7. The van der Waals surface area contributed by atoms with Gasteiger partial charge in [-0.05, 0) is 87.5 Å². The maximum Gasteiger partial charge on any atom is 0.182 e. The average Bonchev–Trinajstić information content (AvgIpc) is 3.78. The van der Waals surface area contributed by atoms with E-state index in [0.29, 0.717) is 0 Å².